The molecule has 2 aliphatic heterocycles. The molecule has 0 spiro atoms. The smallest absolute Gasteiger partial charge is 0.305 e. The maximum atomic E-state index is 13.7. The van der Waals surface area contributed by atoms with Gasteiger partial charge in [-0.3, -0.25) is 19.3 Å². The highest BCUT2D eigenvalue weighted by Crippen LogP contribution is 2.68. The van der Waals surface area contributed by atoms with E-state index in [4.69, 9.17) is 11.6 Å². The number of hydrogen-bond acceptors (Lipinski definition) is 5. The Morgan fingerprint density at radius 2 is 1.68 bits per heavy atom. The summed E-state index contributed by atoms with van der Waals surface area (Å²) in [6.45, 7) is 2.11. The van der Waals surface area contributed by atoms with E-state index >= 15 is 0 Å². The van der Waals surface area contributed by atoms with Gasteiger partial charge in [0.05, 0.1) is 22.5 Å². The molecule has 0 unspecified atom stereocenters. The Hall–Kier alpha value is -2.35. The third-order valence-electron chi connectivity index (χ3n) is 8.33. The molecule has 4 aliphatic rings. The number of nitrogens with zero attached hydrogens (tertiary/aromatic N) is 1. The quantitative estimate of drug-likeness (QED) is 0.490. The molecule has 2 aromatic carbocycles. The predicted octanol–water partition coefficient (Wildman–Crippen LogP) is 5.08. The minimum Gasteiger partial charge on any atom is -0.307 e. The van der Waals surface area contributed by atoms with Gasteiger partial charge in [-0.2, -0.15) is 0 Å². The van der Waals surface area contributed by atoms with E-state index in [0.29, 0.717) is 10.7 Å². The summed E-state index contributed by atoms with van der Waals surface area (Å²) in [5, 5.41) is 1.72. The summed E-state index contributed by atoms with van der Waals surface area (Å²) in [6.07, 6.45) is 0.894. The van der Waals surface area contributed by atoms with Crippen LogP contribution in [-0.4, -0.2) is 22.0 Å². The van der Waals surface area contributed by atoms with Gasteiger partial charge in [0, 0.05) is 21.1 Å². The number of fused-ring (bicyclic) bond motifs is 9. The van der Waals surface area contributed by atoms with Gasteiger partial charge in [-0.15, -0.1) is 11.8 Å². The summed E-state index contributed by atoms with van der Waals surface area (Å²) in [5.41, 5.74) is 3.02. The Bertz CT molecular complexity index is 1410. The van der Waals surface area contributed by atoms with E-state index in [1.54, 1.807) is 36.0 Å². The summed E-state index contributed by atoms with van der Waals surface area (Å²) < 4.78 is 0. The van der Waals surface area contributed by atoms with Gasteiger partial charge in [-0.05, 0) is 66.5 Å². The van der Waals surface area contributed by atoms with Crippen molar-refractivity contribution < 1.29 is 9.59 Å². The molecule has 2 bridgehead atoms. The van der Waals surface area contributed by atoms with E-state index in [2.05, 4.69) is 30.1 Å². The number of thioether (sulfide) groups is 1. The monoisotopic (exact) mass is 508 g/mol. The second-order valence-electron chi connectivity index (χ2n) is 9.81. The fourth-order valence-corrected chi connectivity index (χ4v) is 10.2. The summed E-state index contributed by atoms with van der Waals surface area (Å²) in [6, 6.07) is 15.3. The Morgan fingerprint density at radius 3 is 2.41 bits per heavy atom. The van der Waals surface area contributed by atoms with Gasteiger partial charge >= 0.3 is 4.87 Å². The molecule has 2 saturated carbocycles. The lowest BCUT2D eigenvalue weighted by molar-refractivity contribution is -0.123. The molecule has 8 heteroatoms. The number of aromatic amines is 1. The average molecular weight is 509 g/mol. The van der Waals surface area contributed by atoms with Gasteiger partial charge < -0.3 is 4.98 Å². The normalized spacial score (nSPS) is 33.2. The summed E-state index contributed by atoms with van der Waals surface area (Å²) in [5.74, 6) is -0.207. The van der Waals surface area contributed by atoms with Crippen LogP contribution in [0.5, 0.6) is 0 Å². The number of amides is 2. The second-order valence-corrected chi connectivity index (χ2v) is 12.4. The number of benzene rings is 2. The molecule has 3 fully saturated rings. The number of thiazole rings is 1. The van der Waals surface area contributed by atoms with Crippen molar-refractivity contribution in [2.75, 3.05) is 4.90 Å². The van der Waals surface area contributed by atoms with E-state index in [1.807, 2.05) is 6.07 Å². The van der Waals surface area contributed by atoms with Crippen molar-refractivity contribution in [2.45, 2.75) is 29.5 Å². The molecule has 1 N–H and O–H groups in total. The first kappa shape index (κ1) is 21.0. The van der Waals surface area contributed by atoms with Crippen LogP contribution in [0.4, 0.5) is 5.69 Å². The number of H-pyrrole nitrogens is 1. The Morgan fingerprint density at radius 1 is 0.971 bits per heavy atom. The van der Waals surface area contributed by atoms with Gasteiger partial charge in [-0.1, -0.05) is 47.2 Å². The summed E-state index contributed by atoms with van der Waals surface area (Å²) in [4.78, 5) is 45.2. The number of aromatic nitrogens is 1. The van der Waals surface area contributed by atoms with Crippen molar-refractivity contribution in [3.8, 4) is 0 Å². The Kier molecular flexibility index (Phi) is 4.52. The van der Waals surface area contributed by atoms with Crippen LogP contribution in [0.1, 0.15) is 28.3 Å². The Balaban J connectivity index is 1.34. The molecule has 0 radical (unpaired) electrons. The van der Waals surface area contributed by atoms with E-state index in [0.717, 1.165) is 16.3 Å². The molecular weight excluding hydrogens is 488 g/mol. The molecule has 5 nitrogen and oxygen atoms in total. The molecule has 1 saturated heterocycles. The summed E-state index contributed by atoms with van der Waals surface area (Å²) in [7, 11) is 0. The van der Waals surface area contributed by atoms with Gasteiger partial charge in [-0.25, -0.2) is 0 Å². The topological polar surface area (TPSA) is 70.2 Å². The number of carbonyl (C=O) groups is 2. The standard InChI is InChI=1S/C26H21ClN2O3S2/c1-11-4-2-3-5-14(11)17-18-15-10-16(21(18)33-23-22(17)34-26(32)28-23)20-19(15)24(30)29(25(20)31)13-8-6-12(27)7-9-13/h2-9,15-21H,10H2,1H3,(H,28,32)/t15-,16-,17-,18+,19-,20-,21-/m1/s1. The molecule has 172 valence electrons. The van der Waals surface area contributed by atoms with Crippen LogP contribution in [0.15, 0.2) is 58.4 Å². The highest BCUT2D eigenvalue weighted by molar-refractivity contribution is 8.00. The SMILES string of the molecule is Cc1ccccc1[C@H]1c2sc(=O)[nH]c2S[C@@H]2[C@@H]3C[C@@H]([C@H]4C(=O)N(c5ccc(Cl)cc5)C(=O)[C@H]34)[C@@H]12. The molecule has 7 atom stereocenters. The number of carbonyl (C=O) groups excluding carboxylic acids is 2. The fraction of sp³-hybridized carbons (Fsp3) is 0.346. The molecule has 3 aromatic rings. The summed E-state index contributed by atoms with van der Waals surface area (Å²) >= 11 is 9.06. The molecular formula is C26H21ClN2O3S2. The molecule has 2 aliphatic carbocycles. The lowest BCUT2D eigenvalue weighted by Gasteiger charge is -2.43. The maximum absolute atomic E-state index is 13.7. The number of imide groups is 1. The lowest BCUT2D eigenvalue weighted by Crippen LogP contribution is -2.42. The van der Waals surface area contributed by atoms with Gasteiger partial charge in [0.1, 0.15) is 0 Å². The first-order chi connectivity index (χ1) is 16.4. The van der Waals surface area contributed by atoms with Crippen molar-refractivity contribution in [3.63, 3.8) is 0 Å². The van der Waals surface area contributed by atoms with Crippen molar-refractivity contribution in [1.82, 2.24) is 4.98 Å². The zero-order valence-corrected chi connectivity index (χ0v) is 20.6. The van der Waals surface area contributed by atoms with Crippen molar-refractivity contribution in [2.24, 2.45) is 29.6 Å². The average Bonchev–Trinajstić information content (AvgIpc) is 3.54. The highest BCUT2D eigenvalue weighted by Gasteiger charge is 2.69. The fourth-order valence-electron chi connectivity index (χ4n) is 7.15. The molecule has 3 heterocycles. The number of aryl methyl sites for hydroxylation is 1. The van der Waals surface area contributed by atoms with E-state index in [1.165, 1.54) is 27.4 Å². The third-order valence-corrected chi connectivity index (χ3v) is 11.2. The van der Waals surface area contributed by atoms with Crippen LogP contribution in [-0.2, 0) is 9.59 Å². The number of anilines is 1. The second kappa shape index (κ2) is 7.33. The van der Waals surface area contributed by atoms with E-state index in [-0.39, 0.29) is 57.4 Å². The van der Waals surface area contributed by atoms with E-state index < -0.39 is 0 Å². The molecule has 34 heavy (non-hydrogen) atoms. The Labute approximate surface area is 209 Å². The molecule has 1 aromatic heterocycles. The van der Waals surface area contributed by atoms with Gasteiger partial charge in [0.15, 0.2) is 0 Å². The van der Waals surface area contributed by atoms with Gasteiger partial charge in [0.25, 0.3) is 0 Å². The number of rotatable bonds is 2. The minimum atomic E-state index is -0.293. The van der Waals surface area contributed by atoms with Crippen LogP contribution in [0, 0.1) is 36.5 Å². The third kappa shape index (κ3) is 2.72. The van der Waals surface area contributed by atoms with Crippen LogP contribution in [0.2, 0.25) is 5.02 Å². The number of hydrogen-bond donors (Lipinski definition) is 1. The van der Waals surface area contributed by atoms with Crippen molar-refractivity contribution in [1.29, 1.82) is 0 Å². The first-order valence-electron chi connectivity index (χ1n) is 11.5. The predicted molar refractivity (Wildman–Crippen MR) is 134 cm³/mol. The number of nitrogens with one attached hydrogen (secondary N) is 1. The van der Waals surface area contributed by atoms with E-state index in [9.17, 15) is 14.4 Å². The highest BCUT2D eigenvalue weighted by atomic mass is 35.5. The first-order valence-corrected chi connectivity index (χ1v) is 13.6. The van der Waals surface area contributed by atoms with Crippen LogP contribution in [0.25, 0.3) is 0 Å². The lowest BCUT2D eigenvalue weighted by atomic mass is 9.67. The number of halogens is 1. The zero-order valence-electron chi connectivity index (χ0n) is 18.2. The van der Waals surface area contributed by atoms with Gasteiger partial charge in [0.2, 0.25) is 11.8 Å². The zero-order chi connectivity index (χ0) is 23.3. The van der Waals surface area contributed by atoms with Crippen molar-refractivity contribution in [3.05, 3.63) is 79.2 Å². The minimum absolute atomic E-state index is 0.0373. The largest absolute Gasteiger partial charge is 0.307 e. The van der Waals surface area contributed by atoms with Crippen molar-refractivity contribution >= 4 is 52.2 Å². The van der Waals surface area contributed by atoms with Crippen LogP contribution in [0.3, 0.4) is 0 Å². The van der Waals surface area contributed by atoms with Crippen LogP contribution < -0.4 is 9.77 Å². The molecule has 7 rings (SSSR count). The maximum Gasteiger partial charge on any atom is 0.305 e. The molecule has 2 amide bonds. The van der Waals surface area contributed by atoms with Crippen LogP contribution >= 0.6 is 34.7 Å².